The lowest BCUT2D eigenvalue weighted by Gasteiger charge is -2.17. The van der Waals surface area contributed by atoms with Gasteiger partial charge in [0.15, 0.2) is 0 Å². The van der Waals surface area contributed by atoms with Crippen molar-refractivity contribution in [3.05, 3.63) is 22.9 Å². The molecule has 1 aromatic rings. The van der Waals surface area contributed by atoms with Crippen LogP contribution in [0.5, 0.6) is 0 Å². The van der Waals surface area contributed by atoms with Crippen LogP contribution in [0, 0.1) is 5.92 Å². The molecular weight excluding hydrogens is 344 g/mol. The Labute approximate surface area is 118 Å². The monoisotopic (exact) mass is 352 g/mol. The number of rotatable bonds is 3. The van der Waals surface area contributed by atoms with Crippen LogP contribution in [0.25, 0.3) is 0 Å². The number of pyridine rings is 1. The first kappa shape index (κ1) is 13.8. The highest BCUT2D eigenvalue weighted by atomic mass is 79.9. The molecule has 5 nitrogen and oxygen atoms in total. The fourth-order valence-electron chi connectivity index (χ4n) is 1.98. The summed E-state index contributed by atoms with van der Waals surface area (Å²) in [5, 5.41) is 0. The number of amides is 1. The lowest BCUT2D eigenvalue weighted by Crippen LogP contribution is -2.25. The third-order valence-electron chi connectivity index (χ3n) is 2.68. The minimum absolute atomic E-state index is 0.117. The summed E-state index contributed by atoms with van der Waals surface area (Å²) >= 11 is 3.34. The topological polar surface area (TPSA) is 67.3 Å². The molecular formula is C10H10BrClN2O3S. The first-order valence-corrected chi connectivity index (χ1v) is 8.46. The van der Waals surface area contributed by atoms with Crippen LogP contribution in [-0.2, 0) is 13.8 Å². The molecule has 1 aromatic heterocycles. The minimum atomic E-state index is -3.58. The predicted molar refractivity (Wildman–Crippen MR) is 72.0 cm³/mol. The molecule has 0 N–H and O–H groups in total. The second-order valence-corrected chi connectivity index (χ2v) is 7.78. The zero-order valence-corrected chi connectivity index (χ0v) is 12.4. The Morgan fingerprint density at radius 1 is 1.56 bits per heavy atom. The SMILES string of the molecule is O=C1CC(CS(=O)(=O)Cl)CN1c1cnccc1Br. The van der Waals surface area contributed by atoms with Gasteiger partial charge in [0.05, 0.1) is 17.6 Å². The van der Waals surface area contributed by atoms with Gasteiger partial charge in [-0.1, -0.05) is 0 Å². The van der Waals surface area contributed by atoms with Gasteiger partial charge in [-0.3, -0.25) is 9.78 Å². The summed E-state index contributed by atoms with van der Waals surface area (Å²) in [5.41, 5.74) is 0.650. The van der Waals surface area contributed by atoms with Crippen molar-refractivity contribution in [1.82, 2.24) is 4.98 Å². The molecule has 1 atom stereocenters. The van der Waals surface area contributed by atoms with E-state index in [0.29, 0.717) is 12.2 Å². The van der Waals surface area contributed by atoms with E-state index >= 15 is 0 Å². The fourth-order valence-corrected chi connectivity index (χ4v) is 3.73. The van der Waals surface area contributed by atoms with Crippen molar-refractivity contribution in [3.8, 4) is 0 Å². The highest BCUT2D eigenvalue weighted by Gasteiger charge is 2.33. The maximum atomic E-state index is 11.9. The van der Waals surface area contributed by atoms with Crippen LogP contribution in [-0.4, -0.2) is 31.6 Å². The smallest absolute Gasteiger partial charge is 0.232 e. The second-order valence-electron chi connectivity index (χ2n) is 4.11. The molecule has 1 aliphatic heterocycles. The molecule has 1 fully saturated rings. The number of halogens is 2. The number of hydrogen-bond acceptors (Lipinski definition) is 4. The molecule has 2 rings (SSSR count). The van der Waals surface area contributed by atoms with Gasteiger partial charge >= 0.3 is 0 Å². The van der Waals surface area contributed by atoms with Crippen LogP contribution in [0.15, 0.2) is 22.9 Å². The third kappa shape index (κ3) is 3.21. The highest BCUT2D eigenvalue weighted by Crippen LogP contribution is 2.31. The summed E-state index contributed by atoms with van der Waals surface area (Å²) in [6.45, 7) is 0.342. The molecule has 1 unspecified atom stereocenters. The molecule has 1 amide bonds. The van der Waals surface area contributed by atoms with Gasteiger partial charge in [0.25, 0.3) is 0 Å². The molecule has 0 bridgehead atoms. The van der Waals surface area contributed by atoms with Gasteiger partial charge in [0.1, 0.15) is 0 Å². The molecule has 8 heteroatoms. The highest BCUT2D eigenvalue weighted by molar-refractivity contribution is 9.10. The van der Waals surface area contributed by atoms with E-state index < -0.39 is 9.05 Å². The Hall–Kier alpha value is -0.660. The Balaban J connectivity index is 2.18. The first-order valence-electron chi connectivity index (χ1n) is 5.19. The van der Waals surface area contributed by atoms with Crippen LogP contribution in [0.1, 0.15) is 6.42 Å². The summed E-state index contributed by atoms with van der Waals surface area (Å²) in [6, 6.07) is 1.73. The summed E-state index contributed by atoms with van der Waals surface area (Å²) in [6.07, 6.45) is 3.36. The summed E-state index contributed by atoms with van der Waals surface area (Å²) in [7, 11) is 1.63. The zero-order valence-electron chi connectivity index (χ0n) is 9.21. The molecule has 0 aromatic carbocycles. The van der Waals surface area contributed by atoms with E-state index in [9.17, 15) is 13.2 Å². The number of carbonyl (C=O) groups excluding carboxylic acids is 1. The van der Waals surface area contributed by atoms with Crippen LogP contribution < -0.4 is 4.90 Å². The predicted octanol–water partition coefficient (Wildman–Crippen LogP) is 1.77. The van der Waals surface area contributed by atoms with E-state index in [0.717, 1.165) is 4.47 Å². The van der Waals surface area contributed by atoms with E-state index in [2.05, 4.69) is 20.9 Å². The summed E-state index contributed by atoms with van der Waals surface area (Å²) < 4.78 is 22.8. The van der Waals surface area contributed by atoms with Gasteiger partial charge in [-0.2, -0.15) is 0 Å². The van der Waals surface area contributed by atoms with Gasteiger partial charge < -0.3 is 4.90 Å². The van der Waals surface area contributed by atoms with Crippen LogP contribution in [0.4, 0.5) is 5.69 Å². The normalized spacial score (nSPS) is 20.4. The standard InChI is InChI=1S/C10H10BrClN2O3S/c11-8-1-2-13-4-9(8)14-5-7(3-10(14)15)6-18(12,16)17/h1-2,4,7H,3,5-6H2. The number of hydrogen-bond donors (Lipinski definition) is 0. The molecule has 0 aliphatic carbocycles. The maximum absolute atomic E-state index is 11.9. The fraction of sp³-hybridized carbons (Fsp3) is 0.400. The lowest BCUT2D eigenvalue weighted by atomic mass is 10.1. The van der Waals surface area contributed by atoms with E-state index in [1.165, 1.54) is 4.90 Å². The third-order valence-corrected chi connectivity index (χ3v) is 4.60. The van der Waals surface area contributed by atoms with E-state index in [4.69, 9.17) is 10.7 Å². The van der Waals surface area contributed by atoms with Crippen LogP contribution in [0.3, 0.4) is 0 Å². The first-order chi connectivity index (χ1) is 8.37. The van der Waals surface area contributed by atoms with Crippen molar-refractivity contribution in [3.63, 3.8) is 0 Å². The Morgan fingerprint density at radius 3 is 2.89 bits per heavy atom. The average Bonchev–Trinajstić information content (AvgIpc) is 2.57. The number of aromatic nitrogens is 1. The zero-order chi connectivity index (χ0) is 13.3. The molecule has 0 saturated carbocycles. The summed E-state index contributed by atoms with van der Waals surface area (Å²) in [5.74, 6) is -0.574. The average molecular weight is 354 g/mol. The number of carbonyl (C=O) groups is 1. The quantitative estimate of drug-likeness (QED) is 0.777. The van der Waals surface area contributed by atoms with Crippen molar-refractivity contribution in [2.75, 3.05) is 17.2 Å². The van der Waals surface area contributed by atoms with Crippen molar-refractivity contribution in [2.24, 2.45) is 5.92 Å². The summed E-state index contributed by atoms with van der Waals surface area (Å²) in [4.78, 5) is 17.4. The van der Waals surface area contributed by atoms with Crippen molar-refractivity contribution in [1.29, 1.82) is 0 Å². The van der Waals surface area contributed by atoms with Gasteiger partial charge in [0.2, 0.25) is 15.0 Å². The van der Waals surface area contributed by atoms with Gasteiger partial charge in [-0.05, 0) is 22.0 Å². The van der Waals surface area contributed by atoms with Gasteiger partial charge in [0, 0.05) is 40.2 Å². The molecule has 18 heavy (non-hydrogen) atoms. The number of nitrogens with zero attached hydrogens (tertiary/aromatic N) is 2. The molecule has 0 radical (unpaired) electrons. The molecule has 1 saturated heterocycles. The Morgan fingerprint density at radius 2 is 2.28 bits per heavy atom. The van der Waals surface area contributed by atoms with Crippen LogP contribution >= 0.6 is 26.6 Å². The Kier molecular flexibility index (Phi) is 3.93. The second kappa shape index (κ2) is 5.14. The molecule has 98 valence electrons. The minimum Gasteiger partial charge on any atom is -0.310 e. The van der Waals surface area contributed by atoms with E-state index in [-0.39, 0.29) is 24.0 Å². The van der Waals surface area contributed by atoms with E-state index in [1.807, 2.05) is 0 Å². The van der Waals surface area contributed by atoms with Crippen molar-refractivity contribution in [2.45, 2.75) is 6.42 Å². The largest absolute Gasteiger partial charge is 0.310 e. The van der Waals surface area contributed by atoms with E-state index in [1.54, 1.807) is 18.5 Å². The van der Waals surface area contributed by atoms with Gasteiger partial charge in [-0.25, -0.2) is 8.42 Å². The van der Waals surface area contributed by atoms with Crippen molar-refractivity contribution >= 4 is 47.3 Å². The molecule has 0 spiro atoms. The number of anilines is 1. The maximum Gasteiger partial charge on any atom is 0.232 e. The lowest BCUT2D eigenvalue weighted by molar-refractivity contribution is -0.117. The van der Waals surface area contributed by atoms with Gasteiger partial charge in [-0.15, -0.1) is 0 Å². The molecule has 2 heterocycles. The molecule has 1 aliphatic rings. The van der Waals surface area contributed by atoms with Crippen LogP contribution in [0.2, 0.25) is 0 Å². The Bertz CT molecular complexity index is 578. The van der Waals surface area contributed by atoms with Crippen molar-refractivity contribution < 1.29 is 13.2 Å².